The number of aliphatic hydroxyl groups excluding tert-OH is 2. The van der Waals surface area contributed by atoms with Crippen LogP contribution in [0.15, 0.2) is 35.9 Å². The highest BCUT2D eigenvalue weighted by molar-refractivity contribution is 14.1. The molecule has 0 bridgehead atoms. The summed E-state index contributed by atoms with van der Waals surface area (Å²) < 4.78 is 17.5. The predicted molar refractivity (Wildman–Crippen MR) is 137 cm³/mol. The fourth-order valence-electron chi connectivity index (χ4n) is 4.22. The van der Waals surface area contributed by atoms with E-state index in [1.165, 1.54) is 7.11 Å². The number of benzene rings is 1. The standard InChI is InChI=1S/C24H34IN3O7/c1-33-16-22(30)28(8-7-27-9-12-34-13-10-27)19-14-17(24(32)26-6-11-29)15-21(23(19)31)35-20-5-3-2-4-18(20)25/h2-5,15,19,21,23,29,31H,6-14,16H2,1H3,(H,26,32). The summed E-state index contributed by atoms with van der Waals surface area (Å²) in [5.74, 6) is -0.0539. The normalized spacial score (nSPS) is 22.9. The van der Waals surface area contributed by atoms with Crippen molar-refractivity contribution in [2.75, 3.05) is 66.3 Å². The number of methoxy groups -OCH3 is 1. The van der Waals surface area contributed by atoms with Crippen LogP contribution in [0.1, 0.15) is 6.42 Å². The number of carbonyl (C=O) groups excluding carboxylic acids is 2. The molecule has 1 aliphatic carbocycles. The van der Waals surface area contributed by atoms with E-state index in [1.54, 1.807) is 17.0 Å². The molecule has 0 spiro atoms. The molecule has 3 atom stereocenters. The molecule has 11 heteroatoms. The number of rotatable bonds is 11. The third-order valence-corrected chi connectivity index (χ3v) is 6.95. The molecule has 2 aliphatic rings. The number of morpholine rings is 1. The Bertz CT molecular complexity index is 878. The molecule has 0 radical (unpaired) electrons. The Hall–Kier alpha value is -1.77. The summed E-state index contributed by atoms with van der Waals surface area (Å²) in [6, 6.07) is 6.71. The number of nitrogens with one attached hydrogen (secondary N) is 1. The van der Waals surface area contributed by atoms with Crippen molar-refractivity contribution >= 4 is 34.4 Å². The monoisotopic (exact) mass is 603 g/mol. The van der Waals surface area contributed by atoms with E-state index in [2.05, 4.69) is 32.8 Å². The summed E-state index contributed by atoms with van der Waals surface area (Å²) in [7, 11) is 1.45. The van der Waals surface area contributed by atoms with Crippen LogP contribution in [-0.4, -0.2) is 116 Å². The van der Waals surface area contributed by atoms with Crippen LogP contribution in [0.5, 0.6) is 5.75 Å². The number of hydrogen-bond donors (Lipinski definition) is 3. The Morgan fingerprint density at radius 1 is 1.29 bits per heavy atom. The first kappa shape index (κ1) is 27.8. The highest BCUT2D eigenvalue weighted by Gasteiger charge is 2.40. The van der Waals surface area contributed by atoms with Crippen LogP contribution in [0.2, 0.25) is 0 Å². The van der Waals surface area contributed by atoms with Gasteiger partial charge in [0.1, 0.15) is 24.6 Å². The fourth-order valence-corrected chi connectivity index (χ4v) is 4.74. The molecule has 1 saturated heterocycles. The molecule has 1 aromatic rings. The van der Waals surface area contributed by atoms with Crippen LogP contribution in [0.3, 0.4) is 0 Å². The topological polar surface area (TPSA) is 121 Å². The van der Waals surface area contributed by atoms with Gasteiger partial charge in [-0.2, -0.15) is 0 Å². The lowest BCUT2D eigenvalue weighted by Gasteiger charge is -2.41. The van der Waals surface area contributed by atoms with Crippen LogP contribution in [0, 0.1) is 3.57 Å². The lowest BCUT2D eigenvalue weighted by molar-refractivity contribution is -0.142. The summed E-state index contributed by atoms with van der Waals surface area (Å²) >= 11 is 2.15. The smallest absolute Gasteiger partial charge is 0.248 e. The van der Waals surface area contributed by atoms with Gasteiger partial charge in [0.15, 0.2) is 0 Å². The average Bonchev–Trinajstić information content (AvgIpc) is 2.86. The van der Waals surface area contributed by atoms with Gasteiger partial charge in [-0.3, -0.25) is 14.5 Å². The summed E-state index contributed by atoms with van der Waals surface area (Å²) in [4.78, 5) is 29.7. The third kappa shape index (κ3) is 7.86. The number of para-hydroxylation sites is 1. The molecule has 1 fully saturated rings. The predicted octanol–water partition coefficient (Wildman–Crippen LogP) is 0.0139. The van der Waals surface area contributed by atoms with Crippen LogP contribution in [0.25, 0.3) is 0 Å². The molecule has 1 aliphatic heterocycles. The van der Waals surface area contributed by atoms with E-state index in [9.17, 15) is 14.7 Å². The summed E-state index contributed by atoms with van der Waals surface area (Å²) in [5, 5.41) is 23.2. The lowest BCUT2D eigenvalue weighted by atomic mass is 9.88. The number of carbonyl (C=O) groups is 2. The third-order valence-electron chi connectivity index (χ3n) is 6.06. The maximum atomic E-state index is 13.1. The van der Waals surface area contributed by atoms with Gasteiger partial charge < -0.3 is 34.6 Å². The van der Waals surface area contributed by atoms with E-state index < -0.39 is 18.2 Å². The number of ether oxygens (including phenoxy) is 3. The van der Waals surface area contributed by atoms with Gasteiger partial charge in [0.25, 0.3) is 0 Å². The van der Waals surface area contributed by atoms with E-state index in [4.69, 9.17) is 19.3 Å². The Morgan fingerprint density at radius 2 is 2.03 bits per heavy atom. The molecule has 0 aromatic heterocycles. The Balaban J connectivity index is 1.86. The first-order valence-electron chi connectivity index (χ1n) is 11.7. The van der Waals surface area contributed by atoms with Crippen molar-refractivity contribution in [3.8, 4) is 5.75 Å². The maximum absolute atomic E-state index is 13.1. The first-order valence-corrected chi connectivity index (χ1v) is 12.8. The van der Waals surface area contributed by atoms with Crippen molar-refractivity contribution < 1.29 is 34.0 Å². The minimum atomic E-state index is -1.06. The maximum Gasteiger partial charge on any atom is 0.248 e. The molecule has 2 amide bonds. The molecule has 1 heterocycles. The highest BCUT2D eigenvalue weighted by Crippen LogP contribution is 2.29. The van der Waals surface area contributed by atoms with E-state index in [0.29, 0.717) is 37.6 Å². The summed E-state index contributed by atoms with van der Waals surface area (Å²) in [5.41, 5.74) is 0.395. The average molecular weight is 603 g/mol. The van der Waals surface area contributed by atoms with Crippen molar-refractivity contribution in [1.82, 2.24) is 15.1 Å². The number of halogens is 1. The van der Waals surface area contributed by atoms with E-state index in [0.717, 1.165) is 16.7 Å². The van der Waals surface area contributed by atoms with E-state index >= 15 is 0 Å². The molecule has 3 rings (SSSR count). The van der Waals surface area contributed by atoms with Crippen LogP contribution in [0.4, 0.5) is 0 Å². The second-order valence-corrected chi connectivity index (χ2v) is 9.58. The van der Waals surface area contributed by atoms with Crippen LogP contribution >= 0.6 is 22.6 Å². The Kier molecular flexibility index (Phi) is 11.2. The van der Waals surface area contributed by atoms with E-state index in [-0.39, 0.29) is 38.0 Å². The van der Waals surface area contributed by atoms with Gasteiger partial charge in [0.05, 0.1) is 29.4 Å². The number of aliphatic hydroxyl groups is 2. The fraction of sp³-hybridized carbons (Fsp3) is 0.583. The molecular weight excluding hydrogens is 569 g/mol. The molecule has 10 nitrogen and oxygen atoms in total. The molecule has 0 saturated carbocycles. The summed E-state index contributed by atoms with van der Waals surface area (Å²) in [6.45, 7) is 3.58. The zero-order chi connectivity index (χ0) is 25.2. The number of nitrogens with zero attached hydrogens (tertiary/aromatic N) is 2. The van der Waals surface area contributed by atoms with E-state index in [1.807, 2.05) is 18.2 Å². The first-order chi connectivity index (χ1) is 16.9. The van der Waals surface area contributed by atoms with Gasteiger partial charge in [0, 0.05) is 51.8 Å². The molecule has 35 heavy (non-hydrogen) atoms. The van der Waals surface area contributed by atoms with Crippen molar-refractivity contribution in [1.29, 1.82) is 0 Å². The second-order valence-electron chi connectivity index (χ2n) is 8.42. The SMILES string of the molecule is COCC(=O)N(CCN1CCOCC1)C1CC(C(=O)NCCO)=CC(Oc2ccccc2I)C1O. The highest BCUT2D eigenvalue weighted by atomic mass is 127. The molecule has 3 N–H and O–H groups in total. The largest absolute Gasteiger partial charge is 0.482 e. The van der Waals surface area contributed by atoms with Crippen molar-refractivity contribution in [3.63, 3.8) is 0 Å². The molecular formula is C24H34IN3O7. The quantitative estimate of drug-likeness (QED) is 0.303. The van der Waals surface area contributed by atoms with Crippen LogP contribution in [-0.2, 0) is 19.1 Å². The van der Waals surface area contributed by atoms with Crippen molar-refractivity contribution in [2.45, 2.75) is 24.7 Å². The van der Waals surface area contributed by atoms with Gasteiger partial charge in [-0.15, -0.1) is 0 Å². The lowest BCUT2D eigenvalue weighted by Crippen LogP contribution is -2.57. The van der Waals surface area contributed by atoms with Gasteiger partial charge in [-0.25, -0.2) is 0 Å². The van der Waals surface area contributed by atoms with Gasteiger partial charge in [-0.1, -0.05) is 12.1 Å². The van der Waals surface area contributed by atoms with Crippen molar-refractivity contribution in [3.05, 3.63) is 39.5 Å². The van der Waals surface area contributed by atoms with Crippen molar-refractivity contribution in [2.24, 2.45) is 0 Å². The molecule has 3 unspecified atom stereocenters. The zero-order valence-corrected chi connectivity index (χ0v) is 22.1. The Morgan fingerprint density at radius 3 is 2.71 bits per heavy atom. The van der Waals surface area contributed by atoms with Gasteiger partial charge in [-0.05, 0) is 40.8 Å². The Labute approximate surface area is 219 Å². The van der Waals surface area contributed by atoms with Gasteiger partial charge >= 0.3 is 0 Å². The van der Waals surface area contributed by atoms with Crippen LogP contribution < -0.4 is 10.1 Å². The van der Waals surface area contributed by atoms with Gasteiger partial charge in [0.2, 0.25) is 11.8 Å². The molecule has 1 aromatic carbocycles. The zero-order valence-electron chi connectivity index (χ0n) is 19.9. The number of hydrogen-bond acceptors (Lipinski definition) is 8. The minimum Gasteiger partial charge on any atom is -0.482 e. The minimum absolute atomic E-state index is 0.106. The summed E-state index contributed by atoms with van der Waals surface area (Å²) in [6.07, 6.45) is -0.146. The molecule has 194 valence electrons. The second kappa shape index (κ2) is 14.1. The number of amides is 2.